The van der Waals surface area contributed by atoms with Crippen molar-refractivity contribution < 1.29 is 9.18 Å². The molecule has 0 bridgehead atoms. The van der Waals surface area contributed by atoms with E-state index in [9.17, 15) is 9.18 Å². The van der Waals surface area contributed by atoms with Gasteiger partial charge < -0.3 is 5.32 Å². The maximum absolute atomic E-state index is 12.6. The lowest BCUT2D eigenvalue weighted by Crippen LogP contribution is -2.12. The zero-order valence-electron chi connectivity index (χ0n) is 6.48. The van der Waals surface area contributed by atoms with E-state index in [0.717, 1.165) is 0 Å². The van der Waals surface area contributed by atoms with Gasteiger partial charge in [0, 0.05) is 5.69 Å². The Hall–Kier alpha value is -0.800. The minimum absolute atomic E-state index is 0.0348. The molecule has 70 valence electrons. The second kappa shape index (κ2) is 4.44. The molecule has 0 fully saturated rings. The summed E-state index contributed by atoms with van der Waals surface area (Å²) in [6.07, 6.45) is 0. The van der Waals surface area contributed by atoms with Crippen molar-refractivity contribution in [1.29, 1.82) is 0 Å². The van der Waals surface area contributed by atoms with E-state index in [1.807, 2.05) is 0 Å². The van der Waals surface area contributed by atoms with Gasteiger partial charge in [-0.3, -0.25) is 4.79 Å². The number of halogens is 3. The highest BCUT2D eigenvalue weighted by molar-refractivity contribution is 6.31. The molecule has 0 radical (unpaired) electrons. The Labute approximate surface area is 84.6 Å². The van der Waals surface area contributed by atoms with Gasteiger partial charge in [-0.05, 0) is 18.2 Å². The quantitative estimate of drug-likeness (QED) is 0.765. The third-order valence-corrected chi connectivity index (χ3v) is 1.86. The summed E-state index contributed by atoms with van der Waals surface area (Å²) >= 11 is 10.7. The van der Waals surface area contributed by atoms with Gasteiger partial charge >= 0.3 is 0 Å². The monoisotopic (exact) mass is 221 g/mol. The number of carbonyl (C=O) groups is 1. The van der Waals surface area contributed by atoms with E-state index < -0.39 is 5.82 Å². The number of nitrogens with one attached hydrogen (secondary N) is 1. The highest BCUT2D eigenvalue weighted by Gasteiger charge is 2.03. The molecule has 1 N–H and O–H groups in total. The summed E-state index contributed by atoms with van der Waals surface area (Å²) in [5, 5.41) is 2.40. The first-order valence-electron chi connectivity index (χ1n) is 3.44. The van der Waals surface area contributed by atoms with Crippen molar-refractivity contribution in [1.82, 2.24) is 0 Å². The Bertz CT molecular complexity index is 330. The minimum Gasteiger partial charge on any atom is -0.325 e. The third kappa shape index (κ3) is 2.86. The molecule has 1 rings (SSSR count). The molecule has 0 aliphatic carbocycles. The molecular formula is C8H6Cl2FNO. The Balaban J connectivity index is 2.79. The van der Waals surface area contributed by atoms with E-state index in [2.05, 4.69) is 5.32 Å². The van der Waals surface area contributed by atoms with E-state index in [0.29, 0.717) is 5.69 Å². The van der Waals surface area contributed by atoms with Crippen molar-refractivity contribution in [2.24, 2.45) is 0 Å². The van der Waals surface area contributed by atoms with Crippen LogP contribution < -0.4 is 5.32 Å². The summed E-state index contributed by atoms with van der Waals surface area (Å²) in [6, 6.07) is 3.90. The molecule has 13 heavy (non-hydrogen) atoms. The highest BCUT2D eigenvalue weighted by Crippen LogP contribution is 2.19. The Morgan fingerprint density at radius 2 is 2.23 bits per heavy atom. The number of benzene rings is 1. The van der Waals surface area contributed by atoms with Gasteiger partial charge in [-0.15, -0.1) is 11.6 Å². The van der Waals surface area contributed by atoms with E-state index in [1.54, 1.807) is 0 Å². The average Bonchev–Trinajstić information content (AvgIpc) is 2.11. The number of hydrogen-bond acceptors (Lipinski definition) is 1. The fourth-order valence-electron chi connectivity index (χ4n) is 0.768. The summed E-state index contributed by atoms with van der Waals surface area (Å²) in [7, 11) is 0. The summed E-state index contributed by atoms with van der Waals surface area (Å²) in [5.74, 6) is -1.02. The summed E-state index contributed by atoms with van der Waals surface area (Å²) < 4.78 is 12.6. The van der Waals surface area contributed by atoms with E-state index in [-0.39, 0.29) is 16.8 Å². The van der Waals surface area contributed by atoms with Gasteiger partial charge in [0.25, 0.3) is 0 Å². The number of anilines is 1. The highest BCUT2D eigenvalue weighted by atomic mass is 35.5. The molecule has 0 spiro atoms. The molecule has 0 aromatic heterocycles. The maximum Gasteiger partial charge on any atom is 0.239 e. The Kier molecular flexibility index (Phi) is 3.51. The SMILES string of the molecule is O=C(CCl)Nc1ccc(F)c(Cl)c1. The Morgan fingerprint density at radius 3 is 2.77 bits per heavy atom. The zero-order valence-corrected chi connectivity index (χ0v) is 7.99. The molecule has 0 saturated carbocycles. The predicted octanol–water partition coefficient (Wildman–Crippen LogP) is 2.66. The molecule has 0 saturated heterocycles. The van der Waals surface area contributed by atoms with Crippen LogP contribution in [0.2, 0.25) is 5.02 Å². The molecule has 0 aliphatic rings. The minimum atomic E-state index is -0.523. The van der Waals surface area contributed by atoms with Crippen molar-refractivity contribution in [2.75, 3.05) is 11.2 Å². The van der Waals surface area contributed by atoms with Crippen LogP contribution in [-0.2, 0) is 4.79 Å². The van der Waals surface area contributed by atoms with Crippen LogP contribution in [0.25, 0.3) is 0 Å². The predicted molar refractivity (Wildman–Crippen MR) is 50.8 cm³/mol. The number of carbonyl (C=O) groups excluding carboxylic acids is 1. The van der Waals surface area contributed by atoms with Crippen molar-refractivity contribution in [3.05, 3.63) is 29.0 Å². The first-order valence-corrected chi connectivity index (χ1v) is 4.35. The van der Waals surface area contributed by atoms with Crippen molar-refractivity contribution in [3.63, 3.8) is 0 Å². The second-order valence-corrected chi connectivity index (χ2v) is 2.99. The van der Waals surface area contributed by atoms with Gasteiger partial charge in [0.15, 0.2) is 0 Å². The molecule has 0 unspecified atom stereocenters. The topological polar surface area (TPSA) is 29.1 Å². The summed E-state index contributed by atoms with van der Waals surface area (Å²) in [4.78, 5) is 10.8. The average molecular weight is 222 g/mol. The van der Waals surface area contributed by atoms with Crippen LogP contribution in [0.1, 0.15) is 0 Å². The van der Waals surface area contributed by atoms with Gasteiger partial charge in [0.1, 0.15) is 11.7 Å². The lowest BCUT2D eigenvalue weighted by Gasteiger charge is -2.02. The van der Waals surface area contributed by atoms with Gasteiger partial charge in [0.05, 0.1) is 5.02 Å². The van der Waals surface area contributed by atoms with Gasteiger partial charge in [-0.25, -0.2) is 4.39 Å². The van der Waals surface area contributed by atoms with Crippen LogP contribution in [-0.4, -0.2) is 11.8 Å². The van der Waals surface area contributed by atoms with Crippen LogP contribution in [0, 0.1) is 5.82 Å². The summed E-state index contributed by atoms with van der Waals surface area (Å²) in [5.41, 5.74) is 0.428. The molecule has 1 aromatic rings. The summed E-state index contributed by atoms with van der Waals surface area (Å²) in [6.45, 7) is 0. The fraction of sp³-hybridized carbons (Fsp3) is 0.125. The molecule has 0 atom stereocenters. The molecule has 0 heterocycles. The second-order valence-electron chi connectivity index (χ2n) is 2.31. The molecule has 2 nitrogen and oxygen atoms in total. The molecule has 1 aromatic carbocycles. The molecule has 5 heteroatoms. The third-order valence-electron chi connectivity index (χ3n) is 1.32. The van der Waals surface area contributed by atoms with Crippen molar-refractivity contribution >= 4 is 34.8 Å². The van der Waals surface area contributed by atoms with E-state index in [1.165, 1.54) is 18.2 Å². The van der Waals surface area contributed by atoms with Crippen LogP contribution in [0.5, 0.6) is 0 Å². The lowest BCUT2D eigenvalue weighted by atomic mass is 10.3. The maximum atomic E-state index is 12.6. The fourth-order valence-corrected chi connectivity index (χ4v) is 1.02. The molecule has 0 aliphatic heterocycles. The van der Waals surface area contributed by atoms with Crippen LogP contribution in [0.3, 0.4) is 0 Å². The number of hydrogen-bond donors (Lipinski definition) is 1. The number of amides is 1. The first-order chi connectivity index (χ1) is 6.13. The van der Waals surface area contributed by atoms with Crippen LogP contribution in [0.15, 0.2) is 18.2 Å². The van der Waals surface area contributed by atoms with Gasteiger partial charge in [-0.2, -0.15) is 0 Å². The normalized spacial score (nSPS) is 9.77. The van der Waals surface area contributed by atoms with Crippen LogP contribution in [0.4, 0.5) is 10.1 Å². The Morgan fingerprint density at radius 1 is 1.54 bits per heavy atom. The van der Waals surface area contributed by atoms with Crippen LogP contribution >= 0.6 is 23.2 Å². The zero-order chi connectivity index (χ0) is 9.84. The number of alkyl halides is 1. The van der Waals surface area contributed by atoms with Crippen molar-refractivity contribution in [3.8, 4) is 0 Å². The van der Waals surface area contributed by atoms with Crippen molar-refractivity contribution in [2.45, 2.75) is 0 Å². The molecular weight excluding hydrogens is 216 g/mol. The number of rotatable bonds is 2. The molecule has 1 amide bonds. The standard InChI is InChI=1S/C8H6Cl2FNO/c9-4-8(13)12-5-1-2-7(11)6(10)3-5/h1-3H,4H2,(H,12,13). The van der Waals surface area contributed by atoms with Gasteiger partial charge in [-0.1, -0.05) is 11.6 Å². The van der Waals surface area contributed by atoms with E-state index in [4.69, 9.17) is 23.2 Å². The van der Waals surface area contributed by atoms with E-state index >= 15 is 0 Å². The van der Waals surface area contributed by atoms with Gasteiger partial charge in [0.2, 0.25) is 5.91 Å². The lowest BCUT2D eigenvalue weighted by molar-refractivity contribution is -0.113. The first kappa shape index (κ1) is 10.3. The largest absolute Gasteiger partial charge is 0.325 e. The smallest absolute Gasteiger partial charge is 0.239 e.